The molecule has 20 heavy (non-hydrogen) atoms. The van der Waals surface area contributed by atoms with E-state index in [0.717, 1.165) is 24.3 Å². The van der Waals surface area contributed by atoms with Crippen LogP contribution in [-0.4, -0.2) is 25.0 Å². The SMILES string of the molecule is OC(CNCCc1ccsc1)c1ccc2c(c1)OCO2. The quantitative estimate of drug-likeness (QED) is 0.802. The monoisotopic (exact) mass is 291 g/mol. The van der Waals surface area contributed by atoms with E-state index in [-0.39, 0.29) is 6.79 Å². The molecule has 2 aromatic rings. The van der Waals surface area contributed by atoms with Crippen LogP contribution < -0.4 is 14.8 Å². The van der Waals surface area contributed by atoms with E-state index in [1.54, 1.807) is 11.3 Å². The van der Waals surface area contributed by atoms with Gasteiger partial charge in [0, 0.05) is 6.54 Å². The number of hydrogen-bond acceptors (Lipinski definition) is 5. The summed E-state index contributed by atoms with van der Waals surface area (Å²) >= 11 is 1.71. The first-order chi connectivity index (χ1) is 9.83. The van der Waals surface area contributed by atoms with E-state index < -0.39 is 6.10 Å². The van der Waals surface area contributed by atoms with E-state index in [9.17, 15) is 5.11 Å². The minimum atomic E-state index is -0.535. The minimum absolute atomic E-state index is 0.258. The third-order valence-corrected chi connectivity index (χ3v) is 4.02. The smallest absolute Gasteiger partial charge is 0.231 e. The standard InChI is InChI=1S/C15H17NO3S/c17-13(8-16-5-3-11-4-6-20-9-11)12-1-2-14-15(7-12)19-10-18-14/h1-2,4,6-7,9,13,16-17H,3,5,8,10H2. The molecule has 2 N–H and O–H groups in total. The fourth-order valence-corrected chi connectivity index (χ4v) is 2.85. The summed E-state index contributed by atoms with van der Waals surface area (Å²) in [5, 5.41) is 17.7. The van der Waals surface area contributed by atoms with Crippen molar-refractivity contribution >= 4 is 11.3 Å². The van der Waals surface area contributed by atoms with Crippen molar-refractivity contribution in [3.05, 3.63) is 46.2 Å². The van der Waals surface area contributed by atoms with E-state index in [1.807, 2.05) is 18.2 Å². The molecule has 0 saturated heterocycles. The number of fused-ring (bicyclic) bond motifs is 1. The first kappa shape index (κ1) is 13.4. The second kappa shape index (κ2) is 6.26. The van der Waals surface area contributed by atoms with E-state index in [1.165, 1.54) is 5.56 Å². The molecule has 1 unspecified atom stereocenters. The van der Waals surface area contributed by atoms with Gasteiger partial charge >= 0.3 is 0 Å². The molecule has 0 aliphatic carbocycles. The lowest BCUT2D eigenvalue weighted by Crippen LogP contribution is -2.23. The molecule has 4 nitrogen and oxygen atoms in total. The molecule has 5 heteroatoms. The molecule has 1 aliphatic rings. The van der Waals surface area contributed by atoms with Crippen LogP contribution >= 0.6 is 11.3 Å². The Labute approximate surface area is 122 Å². The Morgan fingerprint density at radius 2 is 2.15 bits per heavy atom. The van der Waals surface area contributed by atoms with Crippen molar-refractivity contribution in [3.63, 3.8) is 0 Å². The van der Waals surface area contributed by atoms with Crippen molar-refractivity contribution in [2.45, 2.75) is 12.5 Å². The number of thiophene rings is 1. The topological polar surface area (TPSA) is 50.7 Å². The van der Waals surface area contributed by atoms with Gasteiger partial charge in [0.1, 0.15) is 0 Å². The van der Waals surface area contributed by atoms with Gasteiger partial charge < -0.3 is 19.9 Å². The summed E-state index contributed by atoms with van der Waals surface area (Å²) in [7, 11) is 0. The van der Waals surface area contributed by atoms with Gasteiger partial charge in [-0.2, -0.15) is 11.3 Å². The van der Waals surface area contributed by atoms with Gasteiger partial charge in [-0.05, 0) is 53.1 Å². The first-order valence-electron chi connectivity index (χ1n) is 6.62. The third-order valence-electron chi connectivity index (χ3n) is 3.29. The lowest BCUT2D eigenvalue weighted by atomic mass is 10.1. The second-order valence-electron chi connectivity index (χ2n) is 4.71. The zero-order valence-corrected chi connectivity index (χ0v) is 11.9. The van der Waals surface area contributed by atoms with Crippen LogP contribution in [0.15, 0.2) is 35.0 Å². The average molecular weight is 291 g/mol. The summed E-state index contributed by atoms with van der Waals surface area (Å²) in [6.45, 7) is 1.65. The lowest BCUT2D eigenvalue weighted by molar-refractivity contribution is 0.170. The normalized spacial score (nSPS) is 14.4. The van der Waals surface area contributed by atoms with Crippen LogP contribution in [0.2, 0.25) is 0 Å². The zero-order chi connectivity index (χ0) is 13.8. The van der Waals surface area contributed by atoms with Crippen LogP contribution in [0, 0.1) is 0 Å². The van der Waals surface area contributed by atoms with Crippen molar-refractivity contribution in [1.82, 2.24) is 5.32 Å². The number of hydrogen-bond donors (Lipinski definition) is 2. The second-order valence-corrected chi connectivity index (χ2v) is 5.49. The maximum absolute atomic E-state index is 10.2. The van der Waals surface area contributed by atoms with Gasteiger partial charge in [0.15, 0.2) is 11.5 Å². The number of aliphatic hydroxyl groups excluding tert-OH is 1. The maximum atomic E-state index is 10.2. The Morgan fingerprint density at radius 1 is 1.25 bits per heavy atom. The highest BCUT2D eigenvalue weighted by Gasteiger charge is 2.16. The summed E-state index contributed by atoms with van der Waals surface area (Å²) in [5.41, 5.74) is 2.18. The summed E-state index contributed by atoms with van der Waals surface area (Å²) in [5.74, 6) is 1.45. The van der Waals surface area contributed by atoms with Crippen molar-refractivity contribution < 1.29 is 14.6 Å². The fourth-order valence-electron chi connectivity index (χ4n) is 2.14. The molecule has 106 valence electrons. The Bertz CT molecular complexity index is 556. The van der Waals surface area contributed by atoms with Crippen LogP contribution in [0.3, 0.4) is 0 Å². The van der Waals surface area contributed by atoms with Crippen LogP contribution in [0.1, 0.15) is 17.2 Å². The fraction of sp³-hybridized carbons (Fsp3) is 0.333. The molecule has 1 aromatic carbocycles. The minimum Gasteiger partial charge on any atom is -0.454 e. The molecule has 0 radical (unpaired) electrons. The molecule has 1 aliphatic heterocycles. The molecular weight excluding hydrogens is 274 g/mol. The Morgan fingerprint density at radius 3 is 3.00 bits per heavy atom. The number of aliphatic hydroxyl groups is 1. The summed E-state index contributed by atoms with van der Waals surface area (Å²) in [4.78, 5) is 0. The van der Waals surface area contributed by atoms with E-state index in [0.29, 0.717) is 12.3 Å². The number of rotatable bonds is 6. The van der Waals surface area contributed by atoms with Crippen LogP contribution in [0.25, 0.3) is 0 Å². The highest BCUT2D eigenvalue weighted by atomic mass is 32.1. The lowest BCUT2D eigenvalue weighted by Gasteiger charge is -2.12. The first-order valence-corrected chi connectivity index (χ1v) is 7.56. The summed E-state index contributed by atoms with van der Waals surface area (Å²) in [6, 6.07) is 7.68. The highest BCUT2D eigenvalue weighted by molar-refractivity contribution is 7.07. The van der Waals surface area contributed by atoms with E-state index in [4.69, 9.17) is 9.47 Å². The average Bonchev–Trinajstić information content (AvgIpc) is 3.13. The molecular formula is C15H17NO3S. The van der Waals surface area contributed by atoms with Crippen molar-refractivity contribution in [2.24, 2.45) is 0 Å². The Balaban J connectivity index is 1.48. The molecule has 1 atom stereocenters. The molecule has 0 saturated carbocycles. The van der Waals surface area contributed by atoms with Gasteiger partial charge in [0.05, 0.1) is 6.10 Å². The van der Waals surface area contributed by atoms with Crippen LogP contribution in [0.5, 0.6) is 11.5 Å². The predicted molar refractivity (Wildman–Crippen MR) is 78.4 cm³/mol. The van der Waals surface area contributed by atoms with Gasteiger partial charge in [0.2, 0.25) is 6.79 Å². The van der Waals surface area contributed by atoms with E-state index >= 15 is 0 Å². The molecule has 2 heterocycles. The molecule has 0 fully saturated rings. The van der Waals surface area contributed by atoms with Gasteiger partial charge in [0.25, 0.3) is 0 Å². The van der Waals surface area contributed by atoms with E-state index in [2.05, 4.69) is 22.1 Å². The van der Waals surface area contributed by atoms with Crippen molar-refractivity contribution in [3.8, 4) is 11.5 Å². The molecule has 0 spiro atoms. The van der Waals surface area contributed by atoms with Crippen LogP contribution in [-0.2, 0) is 6.42 Å². The van der Waals surface area contributed by atoms with Crippen molar-refractivity contribution in [2.75, 3.05) is 19.9 Å². The number of benzene rings is 1. The van der Waals surface area contributed by atoms with Gasteiger partial charge in [-0.3, -0.25) is 0 Å². The van der Waals surface area contributed by atoms with Crippen LogP contribution in [0.4, 0.5) is 0 Å². The molecule has 0 bridgehead atoms. The van der Waals surface area contributed by atoms with Gasteiger partial charge in [-0.15, -0.1) is 0 Å². The summed E-state index contributed by atoms with van der Waals surface area (Å²) in [6.07, 6.45) is 0.448. The third kappa shape index (κ3) is 3.12. The zero-order valence-electron chi connectivity index (χ0n) is 11.0. The number of nitrogens with one attached hydrogen (secondary N) is 1. The van der Waals surface area contributed by atoms with Gasteiger partial charge in [-0.1, -0.05) is 6.07 Å². The van der Waals surface area contributed by atoms with Crippen molar-refractivity contribution in [1.29, 1.82) is 0 Å². The predicted octanol–water partition coefficient (Wildman–Crippen LogP) is 2.34. The Kier molecular flexibility index (Phi) is 4.20. The molecule has 0 amide bonds. The molecule has 3 rings (SSSR count). The maximum Gasteiger partial charge on any atom is 0.231 e. The molecule has 1 aromatic heterocycles. The summed E-state index contributed by atoms with van der Waals surface area (Å²) < 4.78 is 10.6. The highest BCUT2D eigenvalue weighted by Crippen LogP contribution is 2.34. The van der Waals surface area contributed by atoms with Gasteiger partial charge in [-0.25, -0.2) is 0 Å². The largest absolute Gasteiger partial charge is 0.454 e. The Hall–Kier alpha value is -1.56. The number of ether oxygens (including phenoxy) is 2.